The fourth-order valence-electron chi connectivity index (χ4n) is 4.14. The van der Waals surface area contributed by atoms with Gasteiger partial charge in [0.1, 0.15) is 5.82 Å². The average Bonchev–Trinajstić information content (AvgIpc) is 3.22. The number of carbonyl (C=O) groups is 3. The Hall–Kier alpha value is -4.04. The lowest BCUT2D eigenvalue weighted by molar-refractivity contribution is -0.115. The smallest absolute Gasteiger partial charge is 0.237 e. The molecule has 1 atom stereocenters. The van der Waals surface area contributed by atoms with Crippen LogP contribution in [0.1, 0.15) is 50.2 Å². The van der Waals surface area contributed by atoms with Crippen molar-refractivity contribution in [3.05, 3.63) is 100 Å². The molecule has 1 N–H and O–H groups in total. The Balaban J connectivity index is 1.36. The molecule has 5 rings (SSSR count). The number of thioether (sulfide) groups is 1. The quantitative estimate of drug-likeness (QED) is 0.363. The summed E-state index contributed by atoms with van der Waals surface area (Å²) in [6.07, 6.45) is 0. The lowest BCUT2D eigenvalue weighted by atomic mass is 9.84. The zero-order valence-corrected chi connectivity index (χ0v) is 20.2. The molecular formula is C27H22N4O3S. The summed E-state index contributed by atoms with van der Waals surface area (Å²) in [5.74, 6) is 0.0629. The zero-order valence-electron chi connectivity index (χ0n) is 19.4. The van der Waals surface area contributed by atoms with Crippen LogP contribution in [0.2, 0.25) is 0 Å². The largest absolute Gasteiger partial charge is 0.325 e. The fraction of sp³-hybridized carbons (Fsp3) is 0.148. The van der Waals surface area contributed by atoms with Gasteiger partial charge in [0.2, 0.25) is 5.91 Å². The number of hydrogen-bond donors (Lipinski definition) is 1. The maximum atomic E-state index is 13.0. The van der Waals surface area contributed by atoms with E-state index in [1.54, 1.807) is 49.4 Å². The highest BCUT2D eigenvalue weighted by atomic mass is 32.2. The van der Waals surface area contributed by atoms with Gasteiger partial charge in [-0.15, -0.1) is 10.2 Å². The molecule has 1 amide bonds. The number of nitrogens with one attached hydrogen (secondary N) is 1. The molecule has 35 heavy (non-hydrogen) atoms. The first-order chi connectivity index (χ1) is 16.8. The predicted octanol–water partition coefficient (Wildman–Crippen LogP) is 4.78. The number of aromatic nitrogens is 3. The van der Waals surface area contributed by atoms with E-state index in [2.05, 4.69) is 15.5 Å². The number of amides is 1. The third kappa shape index (κ3) is 4.06. The highest BCUT2D eigenvalue weighted by Gasteiger charge is 2.30. The molecule has 0 spiro atoms. The van der Waals surface area contributed by atoms with Gasteiger partial charge in [0.05, 0.1) is 10.9 Å². The van der Waals surface area contributed by atoms with Crippen molar-refractivity contribution in [1.29, 1.82) is 0 Å². The van der Waals surface area contributed by atoms with Gasteiger partial charge in [-0.05, 0) is 50.6 Å². The number of rotatable bonds is 5. The van der Waals surface area contributed by atoms with Crippen molar-refractivity contribution in [2.24, 2.45) is 0 Å². The zero-order chi connectivity index (χ0) is 24.7. The first-order valence-corrected chi connectivity index (χ1v) is 12.0. The van der Waals surface area contributed by atoms with E-state index in [-0.39, 0.29) is 17.5 Å². The number of aryl methyl sites for hydroxylation is 2. The molecule has 1 aromatic heterocycles. The number of hydrogen-bond acceptors (Lipinski definition) is 6. The van der Waals surface area contributed by atoms with E-state index in [0.29, 0.717) is 33.1 Å². The van der Waals surface area contributed by atoms with Crippen molar-refractivity contribution >= 4 is 34.9 Å². The van der Waals surface area contributed by atoms with Crippen LogP contribution >= 0.6 is 11.8 Å². The van der Waals surface area contributed by atoms with E-state index in [0.717, 1.165) is 17.1 Å². The molecule has 0 fully saturated rings. The summed E-state index contributed by atoms with van der Waals surface area (Å²) in [6, 6.07) is 19.5. The summed E-state index contributed by atoms with van der Waals surface area (Å²) in [5, 5.41) is 11.5. The van der Waals surface area contributed by atoms with Crippen LogP contribution in [0.3, 0.4) is 0 Å². The van der Waals surface area contributed by atoms with Gasteiger partial charge in [-0.25, -0.2) is 0 Å². The van der Waals surface area contributed by atoms with Crippen molar-refractivity contribution in [2.75, 3.05) is 5.32 Å². The molecule has 0 aliphatic heterocycles. The van der Waals surface area contributed by atoms with E-state index >= 15 is 0 Å². The molecule has 7 nitrogen and oxygen atoms in total. The third-order valence-corrected chi connectivity index (χ3v) is 7.04. The Morgan fingerprint density at radius 1 is 0.857 bits per heavy atom. The highest BCUT2D eigenvalue weighted by Crippen LogP contribution is 2.30. The van der Waals surface area contributed by atoms with Crippen LogP contribution in [0.25, 0.3) is 5.69 Å². The van der Waals surface area contributed by atoms with E-state index < -0.39 is 5.25 Å². The fourth-order valence-corrected chi connectivity index (χ4v) is 5.05. The highest BCUT2D eigenvalue weighted by molar-refractivity contribution is 8.00. The number of para-hydroxylation sites is 1. The first-order valence-electron chi connectivity index (χ1n) is 11.1. The number of benzene rings is 3. The van der Waals surface area contributed by atoms with Gasteiger partial charge in [0.15, 0.2) is 16.7 Å². The Morgan fingerprint density at radius 3 is 2.20 bits per heavy atom. The number of nitrogens with zero attached hydrogens (tertiary/aromatic N) is 3. The predicted molar refractivity (Wildman–Crippen MR) is 135 cm³/mol. The normalized spacial score (nSPS) is 13.2. The molecule has 8 heteroatoms. The molecule has 1 aliphatic carbocycles. The van der Waals surface area contributed by atoms with Crippen LogP contribution in [-0.2, 0) is 4.79 Å². The minimum absolute atomic E-state index is 0.192. The van der Waals surface area contributed by atoms with Crippen molar-refractivity contribution < 1.29 is 14.4 Å². The molecule has 0 radical (unpaired) electrons. The van der Waals surface area contributed by atoms with Crippen LogP contribution < -0.4 is 5.32 Å². The minimum Gasteiger partial charge on any atom is -0.325 e. The van der Waals surface area contributed by atoms with E-state index in [1.165, 1.54) is 11.8 Å². The van der Waals surface area contributed by atoms with E-state index in [9.17, 15) is 14.4 Å². The summed E-state index contributed by atoms with van der Waals surface area (Å²) in [6.45, 7) is 5.67. The summed E-state index contributed by atoms with van der Waals surface area (Å²) in [4.78, 5) is 38.8. The molecule has 1 unspecified atom stereocenters. The molecule has 0 saturated heterocycles. The van der Waals surface area contributed by atoms with E-state index in [1.807, 2.05) is 42.7 Å². The molecule has 1 heterocycles. The second-order valence-corrected chi connectivity index (χ2v) is 9.67. The van der Waals surface area contributed by atoms with Crippen molar-refractivity contribution in [2.45, 2.75) is 31.2 Å². The second kappa shape index (κ2) is 8.96. The monoisotopic (exact) mass is 482 g/mol. The molecule has 3 aromatic carbocycles. The molecule has 0 saturated carbocycles. The number of carbonyl (C=O) groups excluding carboxylic acids is 3. The Kier molecular flexibility index (Phi) is 5.82. The summed E-state index contributed by atoms with van der Waals surface area (Å²) in [7, 11) is 0. The minimum atomic E-state index is -0.490. The van der Waals surface area contributed by atoms with Crippen molar-refractivity contribution in [1.82, 2.24) is 14.8 Å². The van der Waals surface area contributed by atoms with Gasteiger partial charge in [-0.2, -0.15) is 0 Å². The summed E-state index contributed by atoms with van der Waals surface area (Å²) >= 11 is 1.30. The number of anilines is 1. The lowest BCUT2D eigenvalue weighted by Crippen LogP contribution is -2.24. The molecule has 1 aliphatic rings. The van der Waals surface area contributed by atoms with Crippen molar-refractivity contribution in [3.8, 4) is 5.69 Å². The van der Waals surface area contributed by atoms with E-state index in [4.69, 9.17) is 0 Å². The van der Waals surface area contributed by atoms with Crippen LogP contribution in [0, 0.1) is 13.8 Å². The summed E-state index contributed by atoms with van der Waals surface area (Å²) < 4.78 is 1.93. The van der Waals surface area contributed by atoms with Gasteiger partial charge in [0, 0.05) is 27.9 Å². The summed E-state index contributed by atoms with van der Waals surface area (Å²) in [5.41, 5.74) is 3.91. The number of ketones is 2. The SMILES string of the molecule is Cc1ccccc1-n1c(C)nnc1SC(C)C(=O)Nc1ccc2c(c1)C(=O)c1ccccc1C2=O. The topological polar surface area (TPSA) is 93.9 Å². The lowest BCUT2D eigenvalue weighted by Gasteiger charge is -2.19. The standard InChI is InChI=1S/C27H22N4O3S/c1-15-8-4-7-11-23(15)31-17(3)29-30-27(31)35-16(2)26(34)28-18-12-13-21-22(14-18)25(33)20-10-6-5-9-19(20)24(21)32/h4-14,16H,1-3H3,(H,28,34). The molecule has 4 aromatic rings. The maximum absolute atomic E-state index is 13.0. The van der Waals surface area contributed by atoms with Gasteiger partial charge in [0.25, 0.3) is 0 Å². The van der Waals surface area contributed by atoms with Crippen LogP contribution in [0.5, 0.6) is 0 Å². The first kappa shape index (κ1) is 22.7. The van der Waals surface area contributed by atoms with Gasteiger partial charge in [-0.1, -0.05) is 54.2 Å². The molecule has 174 valence electrons. The second-order valence-electron chi connectivity index (χ2n) is 8.37. The van der Waals surface area contributed by atoms with Crippen LogP contribution in [0.15, 0.2) is 71.9 Å². The third-order valence-electron chi connectivity index (χ3n) is 6.00. The van der Waals surface area contributed by atoms with Crippen LogP contribution in [0.4, 0.5) is 5.69 Å². The number of fused-ring (bicyclic) bond motifs is 2. The average molecular weight is 483 g/mol. The Labute approximate surface area is 206 Å². The van der Waals surface area contributed by atoms with Crippen molar-refractivity contribution in [3.63, 3.8) is 0 Å². The maximum Gasteiger partial charge on any atom is 0.237 e. The van der Waals surface area contributed by atoms with Gasteiger partial charge in [-0.3, -0.25) is 19.0 Å². The Morgan fingerprint density at radius 2 is 1.49 bits per heavy atom. The van der Waals surface area contributed by atoms with Gasteiger partial charge < -0.3 is 5.32 Å². The molecule has 0 bridgehead atoms. The van der Waals surface area contributed by atoms with Crippen LogP contribution in [-0.4, -0.2) is 37.5 Å². The molecular weight excluding hydrogens is 460 g/mol. The Bertz CT molecular complexity index is 1510. The van der Waals surface area contributed by atoms with Gasteiger partial charge >= 0.3 is 0 Å².